The Labute approximate surface area is 98.4 Å². The van der Waals surface area contributed by atoms with Gasteiger partial charge in [0.15, 0.2) is 0 Å². The van der Waals surface area contributed by atoms with Crippen molar-refractivity contribution in [3.8, 4) is 11.8 Å². The lowest BCUT2D eigenvalue weighted by Crippen LogP contribution is -1.76. The molecular formula is C10H6Br2N2. The van der Waals surface area contributed by atoms with Gasteiger partial charge in [-0.15, -0.1) is 0 Å². The number of alkyl halides is 1. The van der Waals surface area contributed by atoms with Gasteiger partial charge in [-0.1, -0.05) is 27.8 Å². The maximum atomic E-state index is 4.23. The number of hydrogen-bond acceptors (Lipinski definition) is 1. The Bertz CT molecular complexity index is 520. The van der Waals surface area contributed by atoms with Gasteiger partial charge in [0.05, 0.1) is 10.9 Å². The minimum atomic E-state index is 0.682. The van der Waals surface area contributed by atoms with Crippen LogP contribution in [0.25, 0.3) is 11.0 Å². The van der Waals surface area contributed by atoms with Crippen molar-refractivity contribution in [1.29, 1.82) is 0 Å². The standard InChI is InChI=1S/C10H6Br2N2/c11-3-1-2-7-5-13-10-9(7)4-8(12)6-14-10/h4-6H,3H2,(H,13,14). The molecule has 70 valence electrons. The number of H-pyrrole nitrogens is 1. The largest absolute Gasteiger partial charge is 0.345 e. The molecular weight excluding hydrogens is 308 g/mol. The average Bonchev–Trinajstić information content (AvgIpc) is 2.57. The maximum Gasteiger partial charge on any atom is 0.138 e. The van der Waals surface area contributed by atoms with E-state index in [9.17, 15) is 0 Å². The van der Waals surface area contributed by atoms with Crippen molar-refractivity contribution in [2.24, 2.45) is 0 Å². The summed E-state index contributed by atoms with van der Waals surface area (Å²) in [7, 11) is 0. The molecule has 0 aliphatic heterocycles. The highest BCUT2D eigenvalue weighted by atomic mass is 79.9. The first-order valence-electron chi connectivity index (χ1n) is 3.98. The van der Waals surface area contributed by atoms with Crippen LogP contribution in [0.4, 0.5) is 0 Å². The van der Waals surface area contributed by atoms with Crippen molar-refractivity contribution in [2.45, 2.75) is 0 Å². The van der Waals surface area contributed by atoms with Gasteiger partial charge in [-0.05, 0) is 22.0 Å². The second-order valence-corrected chi connectivity index (χ2v) is 4.16. The van der Waals surface area contributed by atoms with Crippen LogP contribution in [0.1, 0.15) is 5.56 Å². The Morgan fingerprint density at radius 2 is 2.36 bits per heavy atom. The first-order chi connectivity index (χ1) is 6.81. The highest BCUT2D eigenvalue weighted by molar-refractivity contribution is 9.10. The topological polar surface area (TPSA) is 28.7 Å². The molecule has 2 aromatic heterocycles. The SMILES string of the molecule is BrCC#Cc1c[nH]c2ncc(Br)cc12. The zero-order valence-electron chi connectivity index (χ0n) is 7.14. The van der Waals surface area contributed by atoms with Gasteiger partial charge < -0.3 is 4.98 Å². The van der Waals surface area contributed by atoms with Gasteiger partial charge in [0, 0.05) is 22.3 Å². The predicted octanol–water partition coefficient (Wildman–Crippen LogP) is 3.07. The third-order valence-electron chi connectivity index (χ3n) is 1.79. The molecule has 4 heteroatoms. The first kappa shape index (κ1) is 9.75. The molecule has 2 aromatic rings. The van der Waals surface area contributed by atoms with Crippen molar-refractivity contribution in [3.63, 3.8) is 0 Å². The van der Waals surface area contributed by atoms with Crippen LogP contribution in [0.3, 0.4) is 0 Å². The van der Waals surface area contributed by atoms with E-state index in [1.807, 2.05) is 12.3 Å². The van der Waals surface area contributed by atoms with Crippen LogP contribution in [0.15, 0.2) is 22.9 Å². The second-order valence-electron chi connectivity index (χ2n) is 2.69. The van der Waals surface area contributed by atoms with E-state index in [1.165, 1.54) is 0 Å². The minimum absolute atomic E-state index is 0.682. The summed E-state index contributed by atoms with van der Waals surface area (Å²) < 4.78 is 0.964. The zero-order valence-corrected chi connectivity index (χ0v) is 10.3. The normalized spacial score (nSPS) is 9.86. The fourth-order valence-electron chi connectivity index (χ4n) is 1.21. The number of fused-ring (bicyclic) bond motifs is 1. The number of nitrogens with one attached hydrogen (secondary N) is 1. The number of aromatic amines is 1. The molecule has 0 bridgehead atoms. The van der Waals surface area contributed by atoms with E-state index in [-0.39, 0.29) is 0 Å². The van der Waals surface area contributed by atoms with Crippen molar-refractivity contribution >= 4 is 42.9 Å². The van der Waals surface area contributed by atoms with Crippen molar-refractivity contribution in [3.05, 3.63) is 28.5 Å². The molecule has 0 spiro atoms. The van der Waals surface area contributed by atoms with Crippen LogP contribution in [0, 0.1) is 11.8 Å². The molecule has 0 saturated carbocycles. The molecule has 0 aliphatic rings. The van der Waals surface area contributed by atoms with Crippen LogP contribution < -0.4 is 0 Å². The van der Waals surface area contributed by atoms with Gasteiger partial charge in [-0.25, -0.2) is 4.98 Å². The van der Waals surface area contributed by atoms with Crippen LogP contribution in [-0.2, 0) is 0 Å². The third kappa shape index (κ3) is 1.84. The molecule has 2 rings (SSSR count). The van der Waals surface area contributed by atoms with E-state index >= 15 is 0 Å². The second kappa shape index (κ2) is 4.16. The lowest BCUT2D eigenvalue weighted by molar-refractivity contribution is 1.31. The summed E-state index contributed by atoms with van der Waals surface area (Å²) in [6.07, 6.45) is 3.64. The lowest BCUT2D eigenvalue weighted by Gasteiger charge is -1.90. The summed E-state index contributed by atoms with van der Waals surface area (Å²) in [6.45, 7) is 0. The van der Waals surface area contributed by atoms with Gasteiger partial charge in [-0.2, -0.15) is 0 Å². The monoisotopic (exact) mass is 312 g/mol. The highest BCUT2D eigenvalue weighted by Gasteiger charge is 2.02. The van der Waals surface area contributed by atoms with Gasteiger partial charge in [-0.3, -0.25) is 0 Å². The van der Waals surface area contributed by atoms with Gasteiger partial charge in [0.1, 0.15) is 5.65 Å². The molecule has 0 amide bonds. The van der Waals surface area contributed by atoms with E-state index in [2.05, 4.69) is 53.7 Å². The van der Waals surface area contributed by atoms with E-state index in [1.54, 1.807) is 6.20 Å². The molecule has 0 aromatic carbocycles. The van der Waals surface area contributed by atoms with Crippen molar-refractivity contribution < 1.29 is 0 Å². The third-order valence-corrected chi connectivity index (χ3v) is 2.50. The molecule has 0 radical (unpaired) electrons. The van der Waals surface area contributed by atoms with E-state index in [0.29, 0.717) is 5.33 Å². The molecule has 1 N–H and O–H groups in total. The van der Waals surface area contributed by atoms with E-state index < -0.39 is 0 Å². The summed E-state index contributed by atoms with van der Waals surface area (Å²) in [5.74, 6) is 6.02. The smallest absolute Gasteiger partial charge is 0.138 e. The Morgan fingerprint density at radius 3 is 3.14 bits per heavy atom. The van der Waals surface area contributed by atoms with E-state index in [0.717, 1.165) is 21.1 Å². The van der Waals surface area contributed by atoms with Crippen LogP contribution >= 0.6 is 31.9 Å². The fraction of sp³-hybridized carbons (Fsp3) is 0.100. The molecule has 2 heterocycles. The molecule has 0 unspecified atom stereocenters. The van der Waals surface area contributed by atoms with Gasteiger partial charge in [0.25, 0.3) is 0 Å². The number of halogens is 2. The Kier molecular flexibility index (Phi) is 2.90. The highest BCUT2D eigenvalue weighted by Crippen LogP contribution is 2.19. The molecule has 0 fully saturated rings. The Balaban J connectivity index is 2.61. The Morgan fingerprint density at radius 1 is 1.50 bits per heavy atom. The molecule has 0 aliphatic carbocycles. The summed E-state index contributed by atoms with van der Waals surface area (Å²) in [5, 5.41) is 1.73. The number of hydrogen-bond donors (Lipinski definition) is 1. The van der Waals surface area contributed by atoms with Crippen molar-refractivity contribution in [1.82, 2.24) is 9.97 Å². The molecule has 14 heavy (non-hydrogen) atoms. The Hall–Kier alpha value is -0.790. The number of nitrogens with zero attached hydrogens (tertiary/aromatic N) is 1. The predicted molar refractivity (Wildman–Crippen MR) is 64.5 cm³/mol. The number of pyridine rings is 1. The zero-order chi connectivity index (χ0) is 9.97. The van der Waals surface area contributed by atoms with Crippen LogP contribution in [0.2, 0.25) is 0 Å². The number of aromatic nitrogens is 2. The average molecular weight is 314 g/mol. The lowest BCUT2D eigenvalue weighted by atomic mass is 10.2. The summed E-state index contributed by atoms with van der Waals surface area (Å²) in [5.41, 5.74) is 1.85. The molecule has 2 nitrogen and oxygen atoms in total. The summed E-state index contributed by atoms with van der Waals surface area (Å²) >= 11 is 6.65. The molecule has 0 saturated heterocycles. The fourth-order valence-corrected chi connectivity index (χ4v) is 1.68. The van der Waals surface area contributed by atoms with E-state index in [4.69, 9.17) is 0 Å². The minimum Gasteiger partial charge on any atom is -0.345 e. The quantitative estimate of drug-likeness (QED) is 0.587. The van der Waals surface area contributed by atoms with Crippen LogP contribution in [0.5, 0.6) is 0 Å². The number of rotatable bonds is 0. The van der Waals surface area contributed by atoms with Gasteiger partial charge in [0.2, 0.25) is 0 Å². The maximum absolute atomic E-state index is 4.23. The van der Waals surface area contributed by atoms with Crippen LogP contribution in [-0.4, -0.2) is 15.3 Å². The summed E-state index contributed by atoms with van der Waals surface area (Å²) in [6, 6.07) is 2.01. The van der Waals surface area contributed by atoms with Crippen molar-refractivity contribution in [2.75, 3.05) is 5.33 Å². The van der Waals surface area contributed by atoms with Gasteiger partial charge >= 0.3 is 0 Å². The molecule has 0 atom stereocenters. The summed E-state index contributed by atoms with van der Waals surface area (Å²) in [4.78, 5) is 7.30. The first-order valence-corrected chi connectivity index (χ1v) is 5.90.